The van der Waals surface area contributed by atoms with Crippen LogP contribution in [0.5, 0.6) is 0 Å². The van der Waals surface area contributed by atoms with Gasteiger partial charge in [0.2, 0.25) is 5.91 Å². The predicted molar refractivity (Wildman–Crippen MR) is 108 cm³/mol. The minimum atomic E-state index is -1.39. The number of carbonyl (C=O) groups is 2. The van der Waals surface area contributed by atoms with Crippen LogP contribution in [0, 0.1) is 5.92 Å². The fourth-order valence-electron chi connectivity index (χ4n) is 2.89. The minimum Gasteiger partial charge on any atom is -0.444 e. The van der Waals surface area contributed by atoms with Gasteiger partial charge in [0.05, 0.1) is 5.92 Å². The van der Waals surface area contributed by atoms with Crippen molar-refractivity contribution in [2.24, 2.45) is 5.92 Å². The maximum Gasteiger partial charge on any atom is 0.411 e. The molecule has 2 amide bonds. The first-order valence-corrected chi connectivity index (χ1v) is 9.45. The molecule has 1 aliphatic heterocycles. The van der Waals surface area contributed by atoms with E-state index in [1.165, 1.54) is 4.90 Å². The van der Waals surface area contributed by atoms with E-state index in [0.29, 0.717) is 17.3 Å². The summed E-state index contributed by atoms with van der Waals surface area (Å²) in [4.78, 5) is 25.7. The number of hydrogen-bond acceptors (Lipinski definition) is 5. The normalized spacial score (nSPS) is 18.3. The first kappa shape index (κ1) is 21.0. The van der Waals surface area contributed by atoms with E-state index in [1.807, 2.05) is 0 Å². The number of hydrazine groups is 1. The molecule has 1 saturated heterocycles. The van der Waals surface area contributed by atoms with E-state index in [2.05, 4.69) is 16.2 Å². The topological polar surface area (TPSA) is 82.7 Å². The molecule has 1 heterocycles. The summed E-state index contributed by atoms with van der Waals surface area (Å²) in [5.41, 5.74) is 7.29. The molecule has 3 N–H and O–H groups in total. The van der Waals surface area contributed by atoms with Crippen LogP contribution in [0.15, 0.2) is 48.5 Å². The zero-order valence-corrected chi connectivity index (χ0v) is 16.6. The largest absolute Gasteiger partial charge is 0.444 e. The number of nitrogens with zero attached hydrogens (tertiary/aromatic N) is 1. The molecule has 0 aliphatic carbocycles. The van der Waals surface area contributed by atoms with Gasteiger partial charge in [-0.05, 0) is 35.4 Å². The van der Waals surface area contributed by atoms with Crippen LogP contribution in [0.25, 0.3) is 0 Å². The molecule has 29 heavy (non-hydrogen) atoms. The average Bonchev–Trinajstić information content (AvgIpc) is 3.14. The fraction of sp³-hybridized carbons (Fsp3) is 0.300. The molecular formula is C20H22ClFN4O3. The van der Waals surface area contributed by atoms with Crippen LogP contribution in [-0.4, -0.2) is 36.8 Å². The Bertz CT molecular complexity index is 848. The highest BCUT2D eigenvalue weighted by molar-refractivity contribution is 6.30. The maximum absolute atomic E-state index is 13.6. The monoisotopic (exact) mass is 420 g/mol. The standard InChI is InChI=1S/C20H22ClFN4O3/c1-26(19(27)17-10-23-25-18(17)22)11-13-4-8-16(9-5-13)24-20(28)29-12-14-2-6-15(21)7-3-14/h2-9,17-18,23,25H,10-12H2,1H3,(H,24,28). The Balaban J connectivity index is 1.47. The van der Waals surface area contributed by atoms with Crippen molar-refractivity contribution in [1.82, 2.24) is 15.8 Å². The maximum atomic E-state index is 13.6. The van der Waals surface area contributed by atoms with Crippen molar-refractivity contribution in [3.63, 3.8) is 0 Å². The van der Waals surface area contributed by atoms with Crippen LogP contribution in [0.1, 0.15) is 11.1 Å². The molecular weight excluding hydrogens is 399 g/mol. The fourth-order valence-corrected chi connectivity index (χ4v) is 3.02. The van der Waals surface area contributed by atoms with Gasteiger partial charge in [-0.2, -0.15) is 0 Å². The van der Waals surface area contributed by atoms with E-state index >= 15 is 0 Å². The van der Waals surface area contributed by atoms with E-state index in [0.717, 1.165) is 11.1 Å². The Morgan fingerprint density at radius 1 is 1.17 bits per heavy atom. The number of amides is 2. The van der Waals surface area contributed by atoms with Crippen molar-refractivity contribution in [1.29, 1.82) is 0 Å². The molecule has 7 nitrogen and oxygen atoms in total. The van der Waals surface area contributed by atoms with Crippen molar-refractivity contribution in [3.05, 3.63) is 64.7 Å². The number of nitrogens with one attached hydrogen (secondary N) is 3. The Kier molecular flexibility index (Phi) is 7.03. The molecule has 154 valence electrons. The van der Waals surface area contributed by atoms with Crippen molar-refractivity contribution in [2.75, 3.05) is 18.9 Å². The van der Waals surface area contributed by atoms with E-state index < -0.39 is 18.3 Å². The number of halogens is 2. The lowest BCUT2D eigenvalue weighted by atomic mass is 10.1. The van der Waals surface area contributed by atoms with Crippen LogP contribution in [0.3, 0.4) is 0 Å². The summed E-state index contributed by atoms with van der Waals surface area (Å²) in [6.07, 6.45) is -1.97. The van der Waals surface area contributed by atoms with Gasteiger partial charge in [-0.15, -0.1) is 0 Å². The summed E-state index contributed by atoms with van der Waals surface area (Å²) >= 11 is 5.82. The third kappa shape index (κ3) is 5.90. The molecule has 9 heteroatoms. The van der Waals surface area contributed by atoms with Gasteiger partial charge in [-0.25, -0.2) is 14.6 Å². The van der Waals surface area contributed by atoms with E-state index in [-0.39, 0.29) is 19.1 Å². The van der Waals surface area contributed by atoms with Gasteiger partial charge in [-0.3, -0.25) is 15.5 Å². The number of rotatable bonds is 6. The zero-order chi connectivity index (χ0) is 20.8. The first-order chi connectivity index (χ1) is 13.9. The number of benzene rings is 2. The van der Waals surface area contributed by atoms with Gasteiger partial charge < -0.3 is 9.64 Å². The third-order valence-electron chi connectivity index (χ3n) is 4.51. The van der Waals surface area contributed by atoms with Gasteiger partial charge in [0, 0.05) is 30.8 Å². The van der Waals surface area contributed by atoms with Crippen molar-refractivity contribution < 1.29 is 18.7 Å². The van der Waals surface area contributed by atoms with Crippen molar-refractivity contribution >= 4 is 29.3 Å². The van der Waals surface area contributed by atoms with Gasteiger partial charge in [0.15, 0.2) is 6.30 Å². The SMILES string of the molecule is CN(Cc1ccc(NC(=O)OCc2ccc(Cl)cc2)cc1)C(=O)C1CNNC1F. The molecule has 1 fully saturated rings. The molecule has 1 aliphatic rings. The van der Waals surface area contributed by atoms with Gasteiger partial charge in [-0.1, -0.05) is 35.9 Å². The van der Waals surface area contributed by atoms with Crippen LogP contribution in [0.2, 0.25) is 5.02 Å². The molecule has 0 saturated carbocycles. The highest BCUT2D eigenvalue weighted by atomic mass is 35.5. The molecule has 2 unspecified atom stereocenters. The zero-order valence-electron chi connectivity index (χ0n) is 15.8. The number of hydrogen-bond donors (Lipinski definition) is 3. The summed E-state index contributed by atoms with van der Waals surface area (Å²) in [6.45, 7) is 0.725. The number of alkyl halides is 1. The van der Waals surface area contributed by atoms with Gasteiger partial charge in [0.1, 0.15) is 6.61 Å². The first-order valence-electron chi connectivity index (χ1n) is 9.07. The Hall–Kier alpha value is -2.68. The van der Waals surface area contributed by atoms with Crippen LogP contribution in [-0.2, 0) is 22.7 Å². The van der Waals surface area contributed by atoms with Crippen molar-refractivity contribution in [2.45, 2.75) is 19.4 Å². The second-order valence-corrected chi connectivity index (χ2v) is 7.19. The van der Waals surface area contributed by atoms with Crippen LogP contribution >= 0.6 is 11.6 Å². The Morgan fingerprint density at radius 2 is 1.83 bits per heavy atom. The summed E-state index contributed by atoms with van der Waals surface area (Å²) in [5.74, 6) is -1.01. The number of ether oxygens (including phenoxy) is 1. The molecule has 2 aromatic carbocycles. The summed E-state index contributed by atoms with van der Waals surface area (Å²) in [5, 5.41) is 3.26. The average molecular weight is 421 g/mol. The smallest absolute Gasteiger partial charge is 0.411 e. The van der Waals surface area contributed by atoms with Gasteiger partial charge >= 0.3 is 6.09 Å². The number of anilines is 1. The highest BCUT2D eigenvalue weighted by Gasteiger charge is 2.34. The molecule has 0 aromatic heterocycles. The summed E-state index contributed by atoms with van der Waals surface area (Å²) in [7, 11) is 1.63. The van der Waals surface area contributed by atoms with Gasteiger partial charge in [0.25, 0.3) is 0 Å². The molecule has 0 spiro atoms. The Morgan fingerprint density at radius 3 is 2.45 bits per heavy atom. The number of carbonyl (C=O) groups excluding carboxylic acids is 2. The van der Waals surface area contributed by atoms with E-state index in [9.17, 15) is 14.0 Å². The minimum absolute atomic E-state index is 0.133. The lowest BCUT2D eigenvalue weighted by Crippen LogP contribution is -2.38. The Labute approximate surface area is 173 Å². The lowest BCUT2D eigenvalue weighted by molar-refractivity contribution is -0.135. The van der Waals surface area contributed by atoms with Crippen LogP contribution in [0.4, 0.5) is 14.9 Å². The quantitative estimate of drug-likeness (QED) is 0.626. The van der Waals surface area contributed by atoms with Crippen molar-refractivity contribution in [3.8, 4) is 0 Å². The van der Waals surface area contributed by atoms with E-state index in [4.69, 9.17) is 16.3 Å². The molecule has 3 rings (SSSR count). The highest BCUT2D eigenvalue weighted by Crippen LogP contribution is 2.16. The lowest BCUT2D eigenvalue weighted by Gasteiger charge is -2.21. The summed E-state index contributed by atoms with van der Waals surface area (Å²) in [6, 6.07) is 14.0. The molecule has 0 radical (unpaired) electrons. The molecule has 2 aromatic rings. The second kappa shape index (κ2) is 9.69. The second-order valence-electron chi connectivity index (χ2n) is 6.75. The van der Waals surface area contributed by atoms with E-state index in [1.54, 1.807) is 55.6 Å². The third-order valence-corrected chi connectivity index (χ3v) is 4.76. The summed E-state index contributed by atoms with van der Waals surface area (Å²) < 4.78 is 18.8. The molecule has 0 bridgehead atoms. The van der Waals surface area contributed by atoms with Crippen LogP contribution < -0.4 is 16.2 Å². The predicted octanol–water partition coefficient (Wildman–Crippen LogP) is 3.07. The molecule has 2 atom stereocenters.